The van der Waals surface area contributed by atoms with Gasteiger partial charge in [0.1, 0.15) is 11.4 Å². The number of ether oxygens (including phenoxy) is 1. The Kier molecular flexibility index (Phi) is 6.87. The van der Waals surface area contributed by atoms with Crippen LogP contribution in [0, 0.1) is 5.82 Å². The van der Waals surface area contributed by atoms with Gasteiger partial charge in [-0.05, 0) is 45.0 Å². The summed E-state index contributed by atoms with van der Waals surface area (Å²) in [5.41, 5.74) is 6.58. The number of carbonyl (C=O) groups is 1. The summed E-state index contributed by atoms with van der Waals surface area (Å²) in [5, 5.41) is 0. The van der Waals surface area contributed by atoms with Gasteiger partial charge in [-0.3, -0.25) is 4.99 Å². The number of nitrogens with zero attached hydrogens (tertiary/aromatic N) is 4. The first-order valence-electron chi connectivity index (χ1n) is 9.15. The van der Waals surface area contributed by atoms with E-state index in [0.29, 0.717) is 19.0 Å². The van der Waals surface area contributed by atoms with E-state index in [4.69, 9.17) is 10.5 Å². The molecule has 1 heterocycles. The summed E-state index contributed by atoms with van der Waals surface area (Å²) in [6.45, 7) is 9.43. The molecule has 7 nitrogen and oxygen atoms in total. The van der Waals surface area contributed by atoms with E-state index in [2.05, 4.69) is 9.89 Å². The van der Waals surface area contributed by atoms with E-state index in [-0.39, 0.29) is 11.9 Å². The van der Waals surface area contributed by atoms with Crippen LogP contribution in [0.5, 0.6) is 0 Å². The maximum atomic E-state index is 13.0. The number of piperazine rings is 1. The summed E-state index contributed by atoms with van der Waals surface area (Å²) in [4.78, 5) is 22.0. The number of likely N-dealkylation sites (N-methyl/N-ethyl adjacent to an activating group) is 1. The fourth-order valence-corrected chi connectivity index (χ4v) is 2.69. The van der Waals surface area contributed by atoms with Crippen molar-refractivity contribution in [2.75, 3.05) is 51.2 Å². The maximum Gasteiger partial charge on any atom is 0.410 e. The fraction of sp³-hybridized carbons (Fsp3) is 0.579. The second-order valence-electron chi connectivity index (χ2n) is 7.59. The normalized spacial score (nSPS) is 15.7. The minimum absolute atomic E-state index is 0.231. The second-order valence-corrected chi connectivity index (χ2v) is 7.59. The third kappa shape index (κ3) is 6.62. The predicted octanol–water partition coefficient (Wildman–Crippen LogP) is 2.13. The SMILES string of the molecule is CN(CCN=C(N)N1CCN(c2ccc(F)cc2)CC1)C(=O)OC(C)(C)C. The van der Waals surface area contributed by atoms with E-state index in [1.807, 2.05) is 25.7 Å². The van der Waals surface area contributed by atoms with Crippen LogP contribution in [0.25, 0.3) is 0 Å². The lowest BCUT2D eigenvalue weighted by atomic mass is 10.2. The maximum absolute atomic E-state index is 13.0. The molecule has 0 bridgehead atoms. The van der Waals surface area contributed by atoms with Crippen molar-refractivity contribution < 1.29 is 13.9 Å². The van der Waals surface area contributed by atoms with Crippen molar-refractivity contribution in [3.63, 3.8) is 0 Å². The van der Waals surface area contributed by atoms with Gasteiger partial charge in [0.05, 0.1) is 6.54 Å². The van der Waals surface area contributed by atoms with Crippen LogP contribution < -0.4 is 10.6 Å². The van der Waals surface area contributed by atoms with Gasteiger partial charge in [0.15, 0.2) is 5.96 Å². The number of anilines is 1. The number of rotatable bonds is 4. The van der Waals surface area contributed by atoms with Crippen LogP contribution in [0.15, 0.2) is 29.3 Å². The zero-order valence-electron chi connectivity index (χ0n) is 16.6. The highest BCUT2D eigenvalue weighted by molar-refractivity contribution is 5.78. The number of halogens is 1. The number of aliphatic imine (C=N–C) groups is 1. The molecule has 0 atom stereocenters. The molecule has 0 radical (unpaired) electrons. The van der Waals surface area contributed by atoms with Crippen molar-refractivity contribution in [1.82, 2.24) is 9.80 Å². The van der Waals surface area contributed by atoms with Crippen molar-refractivity contribution in [2.45, 2.75) is 26.4 Å². The van der Waals surface area contributed by atoms with Gasteiger partial charge >= 0.3 is 6.09 Å². The van der Waals surface area contributed by atoms with Gasteiger partial charge in [-0.1, -0.05) is 0 Å². The highest BCUT2D eigenvalue weighted by Crippen LogP contribution is 2.16. The molecule has 0 saturated carbocycles. The van der Waals surface area contributed by atoms with Gasteiger partial charge in [-0.25, -0.2) is 9.18 Å². The molecule has 2 N–H and O–H groups in total. The van der Waals surface area contributed by atoms with E-state index in [0.717, 1.165) is 31.9 Å². The molecule has 1 aromatic rings. The Morgan fingerprint density at radius 1 is 1.22 bits per heavy atom. The lowest BCUT2D eigenvalue weighted by molar-refractivity contribution is 0.0304. The number of amides is 1. The topological polar surface area (TPSA) is 74.4 Å². The lowest BCUT2D eigenvalue weighted by Crippen LogP contribution is -2.51. The van der Waals surface area contributed by atoms with Crippen LogP contribution in [0.1, 0.15) is 20.8 Å². The quantitative estimate of drug-likeness (QED) is 0.641. The summed E-state index contributed by atoms with van der Waals surface area (Å²) < 4.78 is 18.3. The first-order chi connectivity index (χ1) is 12.7. The molecule has 1 aliphatic heterocycles. The van der Waals surface area contributed by atoms with E-state index < -0.39 is 5.60 Å². The zero-order valence-corrected chi connectivity index (χ0v) is 16.6. The molecular weight excluding hydrogens is 349 g/mol. The summed E-state index contributed by atoms with van der Waals surface area (Å²) in [7, 11) is 1.68. The van der Waals surface area contributed by atoms with Crippen LogP contribution in [0.3, 0.4) is 0 Å². The minimum Gasteiger partial charge on any atom is -0.444 e. The molecule has 150 valence electrons. The lowest BCUT2D eigenvalue weighted by Gasteiger charge is -2.36. The fourth-order valence-electron chi connectivity index (χ4n) is 2.69. The monoisotopic (exact) mass is 379 g/mol. The van der Waals surface area contributed by atoms with Gasteiger partial charge in [0.25, 0.3) is 0 Å². The summed E-state index contributed by atoms with van der Waals surface area (Å²) in [6.07, 6.45) is -0.371. The predicted molar refractivity (Wildman–Crippen MR) is 106 cm³/mol. The molecule has 1 aliphatic rings. The molecule has 2 rings (SSSR count). The number of carbonyl (C=O) groups excluding carboxylic acids is 1. The zero-order chi connectivity index (χ0) is 20.0. The average molecular weight is 379 g/mol. The van der Waals surface area contributed by atoms with Crippen molar-refractivity contribution in [1.29, 1.82) is 0 Å². The van der Waals surface area contributed by atoms with Crippen LogP contribution in [-0.2, 0) is 4.74 Å². The Bertz CT molecular complexity index is 649. The number of guanidine groups is 1. The largest absolute Gasteiger partial charge is 0.444 e. The van der Waals surface area contributed by atoms with Crippen molar-refractivity contribution in [3.8, 4) is 0 Å². The minimum atomic E-state index is -0.516. The van der Waals surface area contributed by atoms with E-state index >= 15 is 0 Å². The summed E-state index contributed by atoms with van der Waals surface area (Å²) in [6, 6.07) is 6.52. The van der Waals surface area contributed by atoms with E-state index in [1.54, 1.807) is 19.2 Å². The van der Waals surface area contributed by atoms with Crippen molar-refractivity contribution >= 4 is 17.7 Å². The number of hydrogen-bond acceptors (Lipinski definition) is 4. The van der Waals surface area contributed by atoms with Gasteiger partial charge in [0.2, 0.25) is 0 Å². The molecule has 0 unspecified atom stereocenters. The standard InChI is InChI=1S/C19H30FN5O2/c1-19(2,3)27-18(26)23(4)10-9-22-17(21)25-13-11-24(12-14-25)16-7-5-15(20)6-8-16/h5-8H,9-14H2,1-4H3,(H2,21,22). The Hall–Kier alpha value is -2.51. The number of nitrogens with two attached hydrogens (primary N) is 1. The molecule has 0 aromatic heterocycles. The molecule has 0 aliphatic carbocycles. The molecule has 1 aromatic carbocycles. The highest BCUT2D eigenvalue weighted by atomic mass is 19.1. The molecule has 1 fully saturated rings. The Morgan fingerprint density at radius 2 is 1.81 bits per heavy atom. The summed E-state index contributed by atoms with van der Waals surface area (Å²) in [5.74, 6) is 0.247. The molecule has 0 spiro atoms. The molecule has 1 amide bonds. The first kappa shape index (κ1) is 20.8. The Balaban J connectivity index is 1.77. The Morgan fingerprint density at radius 3 is 2.37 bits per heavy atom. The van der Waals surface area contributed by atoms with E-state index in [9.17, 15) is 9.18 Å². The number of benzene rings is 1. The molecule has 27 heavy (non-hydrogen) atoms. The Labute approximate surface area is 160 Å². The molecule has 8 heteroatoms. The highest BCUT2D eigenvalue weighted by Gasteiger charge is 2.20. The first-order valence-corrected chi connectivity index (χ1v) is 9.15. The van der Waals surface area contributed by atoms with Crippen LogP contribution >= 0.6 is 0 Å². The molecular formula is C19H30FN5O2. The smallest absolute Gasteiger partial charge is 0.410 e. The van der Waals surface area contributed by atoms with Gasteiger partial charge in [0, 0.05) is 45.5 Å². The van der Waals surface area contributed by atoms with Crippen LogP contribution in [-0.4, -0.2) is 73.8 Å². The third-order valence-corrected chi connectivity index (χ3v) is 4.21. The number of hydrogen-bond donors (Lipinski definition) is 1. The van der Waals surface area contributed by atoms with Crippen molar-refractivity contribution in [3.05, 3.63) is 30.1 Å². The van der Waals surface area contributed by atoms with Crippen molar-refractivity contribution in [2.24, 2.45) is 10.7 Å². The average Bonchev–Trinajstić information content (AvgIpc) is 2.61. The van der Waals surface area contributed by atoms with Crippen LogP contribution in [0.2, 0.25) is 0 Å². The van der Waals surface area contributed by atoms with E-state index in [1.165, 1.54) is 17.0 Å². The van der Waals surface area contributed by atoms with Gasteiger partial charge in [-0.15, -0.1) is 0 Å². The molecule has 1 saturated heterocycles. The van der Waals surface area contributed by atoms with Gasteiger partial charge < -0.3 is 25.2 Å². The second kappa shape index (κ2) is 8.92. The van der Waals surface area contributed by atoms with Gasteiger partial charge in [-0.2, -0.15) is 0 Å². The summed E-state index contributed by atoms with van der Waals surface area (Å²) >= 11 is 0. The van der Waals surface area contributed by atoms with Crippen LogP contribution in [0.4, 0.5) is 14.9 Å². The third-order valence-electron chi connectivity index (χ3n) is 4.21.